The number of methoxy groups -OCH3 is 1. The van der Waals surface area contributed by atoms with Gasteiger partial charge in [0.15, 0.2) is 0 Å². The predicted molar refractivity (Wildman–Crippen MR) is 82.8 cm³/mol. The molecule has 0 aliphatic carbocycles. The van der Waals surface area contributed by atoms with E-state index in [4.69, 9.17) is 11.2 Å². The zero-order valence-electron chi connectivity index (χ0n) is 12.4. The van der Waals surface area contributed by atoms with Crippen LogP contribution < -0.4 is 10.1 Å². The van der Waals surface area contributed by atoms with Gasteiger partial charge >= 0.3 is 0 Å². The largest absolute Gasteiger partial charge is 0.497 e. The number of terminal acetylenes is 1. The van der Waals surface area contributed by atoms with Crippen molar-refractivity contribution in [2.45, 2.75) is 31.8 Å². The van der Waals surface area contributed by atoms with Crippen LogP contribution in [0, 0.1) is 12.3 Å². The molecule has 1 aromatic carbocycles. The average molecular weight is 272 g/mol. The summed E-state index contributed by atoms with van der Waals surface area (Å²) in [4.78, 5) is 2.34. The monoisotopic (exact) mass is 272 g/mol. The Hall–Kier alpha value is -1.50. The van der Waals surface area contributed by atoms with Crippen LogP contribution in [0.15, 0.2) is 24.3 Å². The first kappa shape index (κ1) is 14.9. The second-order valence-electron chi connectivity index (χ2n) is 5.42. The first-order valence-corrected chi connectivity index (χ1v) is 7.28. The number of nitrogens with zero attached hydrogens (tertiary/aromatic N) is 1. The summed E-state index contributed by atoms with van der Waals surface area (Å²) in [5.74, 6) is 3.64. The van der Waals surface area contributed by atoms with Gasteiger partial charge in [0.05, 0.1) is 13.7 Å². The van der Waals surface area contributed by atoms with Gasteiger partial charge in [0.2, 0.25) is 0 Å². The maximum atomic E-state index is 5.36. The molecule has 1 aromatic rings. The highest BCUT2D eigenvalue weighted by Crippen LogP contribution is 2.21. The summed E-state index contributed by atoms with van der Waals surface area (Å²) in [5.41, 5.74) is 1.27. The summed E-state index contributed by atoms with van der Waals surface area (Å²) in [6, 6.07) is 9.19. The minimum absolute atomic E-state index is 0.342. The number of hydrogen-bond acceptors (Lipinski definition) is 3. The Morgan fingerprint density at radius 2 is 2.20 bits per heavy atom. The van der Waals surface area contributed by atoms with Crippen molar-refractivity contribution < 1.29 is 4.74 Å². The van der Waals surface area contributed by atoms with E-state index >= 15 is 0 Å². The highest BCUT2D eigenvalue weighted by molar-refractivity contribution is 5.30. The van der Waals surface area contributed by atoms with Crippen LogP contribution in [0.5, 0.6) is 5.75 Å². The molecule has 0 bridgehead atoms. The summed E-state index contributed by atoms with van der Waals surface area (Å²) >= 11 is 0. The fraction of sp³-hybridized carbons (Fsp3) is 0.529. The SMILES string of the molecule is C#CCN1CCC(N[C@H](C)c2cccc(OC)c2)CC1. The molecule has 0 aromatic heterocycles. The van der Waals surface area contributed by atoms with Crippen molar-refractivity contribution in [1.29, 1.82) is 0 Å². The van der Waals surface area contributed by atoms with E-state index in [2.05, 4.69) is 35.2 Å². The van der Waals surface area contributed by atoms with E-state index in [-0.39, 0.29) is 0 Å². The Bertz CT molecular complexity index is 458. The van der Waals surface area contributed by atoms with Crippen molar-refractivity contribution in [3.05, 3.63) is 29.8 Å². The van der Waals surface area contributed by atoms with E-state index in [0.29, 0.717) is 12.1 Å². The second-order valence-corrected chi connectivity index (χ2v) is 5.42. The predicted octanol–water partition coefficient (Wildman–Crippen LogP) is 2.44. The van der Waals surface area contributed by atoms with Gasteiger partial charge < -0.3 is 10.1 Å². The third-order valence-corrected chi connectivity index (χ3v) is 3.98. The van der Waals surface area contributed by atoms with Gasteiger partial charge in [-0.1, -0.05) is 18.1 Å². The molecular weight excluding hydrogens is 248 g/mol. The topological polar surface area (TPSA) is 24.5 Å². The highest BCUT2D eigenvalue weighted by Gasteiger charge is 2.20. The van der Waals surface area contributed by atoms with Crippen molar-refractivity contribution in [1.82, 2.24) is 10.2 Å². The van der Waals surface area contributed by atoms with Crippen molar-refractivity contribution in [3.63, 3.8) is 0 Å². The highest BCUT2D eigenvalue weighted by atomic mass is 16.5. The summed E-state index contributed by atoms with van der Waals surface area (Å²) in [7, 11) is 1.71. The number of likely N-dealkylation sites (tertiary alicyclic amines) is 1. The minimum atomic E-state index is 0.342. The molecule has 108 valence electrons. The minimum Gasteiger partial charge on any atom is -0.497 e. The van der Waals surface area contributed by atoms with Gasteiger partial charge in [0.25, 0.3) is 0 Å². The quantitative estimate of drug-likeness (QED) is 0.833. The number of ether oxygens (including phenoxy) is 1. The number of nitrogens with one attached hydrogen (secondary N) is 1. The lowest BCUT2D eigenvalue weighted by molar-refractivity contribution is 0.211. The molecule has 0 amide bonds. The van der Waals surface area contributed by atoms with Crippen LogP contribution in [0.1, 0.15) is 31.4 Å². The smallest absolute Gasteiger partial charge is 0.119 e. The first-order chi connectivity index (χ1) is 9.72. The van der Waals surface area contributed by atoms with Crippen LogP contribution in [-0.2, 0) is 0 Å². The maximum Gasteiger partial charge on any atom is 0.119 e. The molecule has 2 rings (SSSR count). The van der Waals surface area contributed by atoms with E-state index in [1.165, 1.54) is 5.56 Å². The van der Waals surface area contributed by atoms with Gasteiger partial charge in [-0.2, -0.15) is 0 Å². The lowest BCUT2D eigenvalue weighted by atomic mass is 10.0. The molecule has 1 aliphatic rings. The van der Waals surface area contributed by atoms with E-state index in [9.17, 15) is 0 Å². The number of benzene rings is 1. The van der Waals surface area contributed by atoms with Crippen molar-refractivity contribution in [2.75, 3.05) is 26.7 Å². The van der Waals surface area contributed by atoms with E-state index in [1.807, 2.05) is 12.1 Å². The normalized spacial score (nSPS) is 18.4. The lowest BCUT2D eigenvalue weighted by Crippen LogP contribution is -2.43. The van der Waals surface area contributed by atoms with E-state index in [1.54, 1.807) is 7.11 Å². The molecule has 1 atom stereocenters. The van der Waals surface area contributed by atoms with Gasteiger partial charge in [0.1, 0.15) is 5.75 Å². The molecule has 20 heavy (non-hydrogen) atoms. The number of rotatable bonds is 5. The Kier molecular flexibility index (Phi) is 5.46. The standard InChI is InChI=1S/C17H24N2O/c1-4-10-19-11-8-16(9-12-19)18-14(2)15-6-5-7-17(13-15)20-3/h1,5-7,13-14,16,18H,8-12H2,2-3H3/t14-/m1/s1. The summed E-state index contributed by atoms with van der Waals surface area (Å²) in [6.45, 7) is 5.17. The second kappa shape index (κ2) is 7.33. The van der Waals surface area contributed by atoms with Gasteiger partial charge in [-0.15, -0.1) is 6.42 Å². The van der Waals surface area contributed by atoms with Gasteiger partial charge in [-0.05, 0) is 37.5 Å². The van der Waals surface area contributed by atoms with Gasteiger partial charge in [0, 0.05) is 25.2 Å². The molecule has 3 heteroatoms. The van der Waals surface area contributed by atoms with E-state index in [0.717, 1.165) is 38.2 Å². The third kappa shape index (κ3) is 4.00. The summed E-state index contributed by atoms with van der Waals surface area (Å²) in [6.07, 6.45) is 7.68. The van der Waals surface area contributed by atoms with E-state index < -0.39 is 0 Å². The molecule has 1 aliphatic heterocycles. The maximum absolute atomic E-state index is 5.36. The van der Waals surface area contributed by atoms with Crippen molar-refractivity contribution >= 4 is 0 Å². The fourth-order valence-corrected chi connectivity index (χ4v) is 2.75. The molecule has 1 heterocycles. The molecule has 1 fully saturated rings. The van der Waals surface area contributed by atoms with Crippen LogP contribution in [0.25, 0.3) is 0 Å². The first-order valence-electron chi connectivity index (χ1n) is 7.28. The Labute approximate surface area is 122 Å². The molecule has 0 spiro atoms. The number of hydrogen-bond donors (Lipinski definition) is 1. The summed E-state index contributed by atoms with van der Waals surface area (Å²) in [5, 5.41) is 3.72. The molecule has 0 radical (unpaired) electrons. The van der Waals surface area contributed by atoms with Crippen LogP contribution in [0.2, 0.25) is 0 Å². The van der Waals surface area contributed by atoms with Crippen molar-refractivity contribution in [3.8, 4) is 18.1 Å². The molecule has 1 N–H and O–H groups in total. The van der Waals surface area contributed by atoms with Crippen LogP contribution in [0.4, 0.5) is 0 Å². The zero-order valence-corrected chi connectivity index (χ0v) is 12.4. The lowest BCUT2D eigenvalue weighted by Gasteiger charge is -2.33. The Balaban J connectivity index is 1.86. The molecule has 0 unspecified atom stereocenters. The van der Waals surface area contributed by atoms with Gasteiger partial charge in [-0.25, -0.2) is 0 Å². The molecule has 0 saturated carbocycles. The molecule has 3 nitrogen and oxygen atoms in total. The third-order valence-electron chi connectivity index (χ3n) is 3.98. The van der Waals surface area contributed by atoms with Crippen LogP contribution in [0.3, 0.4) is 0 Å². The number of piperidine rings is 1. The van der Waals surface area contributed by atoms with Gasteiger partial charge in [-0.3, -0.25) is 4.90 Å². The fourth-order valence-electron chi connectivity index (χ4n) is 2.75. The molecule has 1 saturated heterocycles. The van der Waals surface area contributed by atoms with Crippen molar-refractivity contribution in [2.24, 2.45) is 0 Å². The summed E-state index contributed by atoms with van der Waals surface area (Å²) < 4.78 is 5.28. The Morgan fingerprint density at radius 1 is 1.45 bits per heavy atom. The van der Waals surface area contributed by atoms with Crippen LogP contribution in [-0.4, -0.2) is 37.7 Å². The zero-order chi connectivity index (χ0) is 14.4. The molecular formula is C17H24N2O. The average Bonchev–Trinajstić information content (AvgIpc) is 2.49. The Morgan fingerprint density at radius 3 is 2.85 bits per heavy atom. The van der Waals surface area contributed by atoms with Crippen LogP contribution >= 0.6 is 0 Å².